The quantitative estimate of drug-likeness (QED) is 0.879. The molecule has 1 fully saturated rings. The number of likely N-dealkylation sites (tertiary alicyclic amines) is 1. The predicted octanol–water partition coefficient (Wildman–Crippen LogP) is 2.90. The van der Waals surface area contributed by atoms with Gasteiger partial charge in [-0.3, -0.25) is 0 Å². The monoisotopic (exact) mass is 356 g/mol. The Morgan fingerprint density at radius 1 is 1.33 bits per heavy atom. The molecule has 0 saturated carbocycles. The summed E-state index contributed by atoms with van der Waals surface area (Å²) in [5, 5.41) is 3.68. The molecule has 1 aliphatic rings. The van der Waals surface area contributed by atoms with Crippen molar-refractivity contribution in [2.24, 2.45) is 5.92 Å². The highest BCUT2D eigenvalue weighted by molar-refractivity contribution is 9.10. The van der Waals surface area contributed by atoms with Gasteiger partial charge in [-0.25, -0.2) is 0 Å². The SMILES string of the molecule is COc1cc(CNC2CCN(C)CC2C)cc(Br)c1OC. The van der Waals surface area contributed by atoms with Gasteiger partial charge in [0.15, 0.2) is 11.5 Å². The molecular formula is C16H25BrN2O2. The zero-order valence-corrected chi connectivity index (χ0v) is 14.9. The molecule has 4 nitrogen and oxygen atoms in total. The molecule has 21 heavy (non-hydrogen) atoms. The van der Waals surface area contributed by atoms with Crippen LogP contribution in [-0.2, 0) is 6.54 Å². The zero-order valence-electron chi connectivity index (χ0n) is 13.3. The predicted molar refractivity (Wildman–Crippen MR) is 89.2 cm³/mol. The lowest BCUT2D eigenvalue weighted by molar-refractivity contribution is 0.174. The first-order valence-corrected chi connectivity index (χ1v) is 8.16. The van der Waals surface area contributed by atoms with Crippen LogP contribution in [-0.4, -0.2) is 45.3 Å². The fourth-order valence-electron chi connectivity index (χ4n) is 2.98. The molecule has 1 heterocycles. The number of methoxy groups -OCH3 is 2. The highest BCUT2D eigenvalue weighted by Gasteiger charge is 2.23. The van der Waals surface area contributed by atoms with E-state index in [1.54, 1.807) is 14.2 Å². The lowest BCUT2D eigenvalue weighted by Gasteiger charge is -2.35. The Balaban J connectivity index is 2.02. The first-order valence-electron chi connectivity index (χ1n) is 7.37. The van der Waals surface area contributed by atoms with Gasteiger partial charge >= 0.3 is 0 Å². The van der Waals surface area contributed by atoms with E-state index in [-0.39, 0.29) is 0 Å². The van der Waals surface area contributed by atoms with Crippen LogP contribution in [0.1, 0.15) is 18.9 Å². The molecule has 2 unspecified atom stereocenters. The summed E-state index contributed by atoms with van der Waals surface area (Å²) < 4.78 is 11.7. The molecule has 1 aromatic rings. The summed E-state index contributed by atoms with van der Waals surface area (Å²) in [7, 11) is 5.51. The van der Waals surface area contributed by atoms with Crippen LogP contribution in [0, 0.1) is 5.92 Å². The molecule has 2 atom stereocenters. The van der Waals surface area contributed by atoms with Crippen LogP contribution < -0.4 is 14.8 Å². The van der Waals surface area contributed by atoms with E-state index in [0.29, 0.717) is 12.0 Å². The molecule has 5 heteroatoms. The largest absolute Gasteiger partial charge is 0.493 e. The molecule has 2 rings (SSSR count). The fraction of sp³-hybridized carbons (Fsp3) is 0.625. The van der Waals surface area contributed by atoms with E-state index in [0.717, 1.165) is 35.6 Å². The van der Waals surface area contributed by atoms with E-state index in [4.69, 9.17) is 9.47 Å². The van der Waals surface area contributed by atoms with Crippen LogP contribution >= 0.6 is 15.9 Å². The minimum atomic E-state index is 0.577. The maximum absolute atomic E-state index is 5.40. The molecule has 0 spiro atoms. The smallest absolute Gasteiger partial charge is 0.174 e. The molecule has 1 saturated heterocycles. The van der Waals surface area contributed by atoms with Crippen LogP contribution in [0.5, 0.6) is 11.5 Å². The second-order valence-corrected chi connectivity index (χ2v) is 6.68. The van der Waals surface area contributed by atoms with E-state index in [1.165, 1.54) is 12.0 Å². The van der Waals surface area contributed by atoms with Crippen molar-refractivity contribution in [3.63, 3.8) is 0 Å². The molecule has 0 radical (unpaired) electrons. The number of nitrogens with one attached hydrogen (secondary N) is 1. The number of nitrogens with zero attached hydrogens (tertiary/aromatic N) is 1. The number of hydrogen-bond donors (Lipinski definition) is 1. The molecule has 1 aliphatic heterocycles. The maximum Gasteiger partial charge on any atom is 0.174 e. The number of rotatable bonds is 5. The number of halogens is 1. The zero-order chi connectivity index (χ0) is 15.4. The number of benzene rings is 1. The van der Waals surface area contributed by atoms with Crippen molar-refractivity contribution in [2.75, 3.05) is 34.4 Å². The van der Waals surface area contributed by atoms with E-state index < -0.39 is 0 Å². The van der Waals surface area contributed by atoms with Crippen LogP contribution in [0.2, 0.25) is 0 Å². The fourth-order valence-corrected chi connectivity index (χ4v) is 3.63. The second kappa shape index (κ2) is 7.47. The van der Waals surface area contributed by atoms with Crippen LogP contribution in [0.15, 0.2) is 16.6 Å². The van der Waals surface area contributed by atoms with Gasteiger partial charge in [-0.2, -0.15) is 0 Å². The summed E-state index contributed by atoms with van der Waals surface area (Å²) in [6.07, 6.45) is 1.20. The Morgan fingerprint density at radius 3 is 2.71 bits per heavy atom. The van der Waals surface area contributed by atoms with E-state index in [1.807, 2.05) is 6.07 Å². The van der Waals surface area contributed by atoms with Gasteiger partial charge in [0, 0.05) is 19.1 Å². The third-order valence-electron chi connectivity index (χ3n) is 4.17. The van der Waals surface area contributed by atoms with Gasteiger partial charge in [-0.15, -0.1) is 0 Å². The summed E-state index contributed by atoms with van der Waals surface area (Å²) in [5.41, 5.74) is 1.20. The number of piperidine rings is 1. The molecule has 0 bridgehead atoms. The lowest BCUT2D eigenvalue weighted by atomic mass is 9.94. The van der Waals surface area contributed by atoms with Crippen molar-refractivity contribution in [1.29, 1.82) is 0 Å². The van der Waals surface area contributed by atoms with Gasteiger partial charge in [0.2, 0.25) is 0 Å². The third-order valence-corrected chi connectivity index (χ3v) is 4.76. The van der Waals surface area contributed by atoms with Gasteiger partial charge in [0.1, 0.15) is 0 Å². The van der Waals surface area contributed by atoms with Crippen LogP contribution in [0.3, 0.4) is 0 Å². The average molecular weight is 357 g/mol. The minimum Gasteiger partial charge on any atom is -0.493 e. The average Bonchev–Trinajstić information content (AvgIpc) is 2.45. The highest BCUT2D eigenvalue weighted by Crippen LogP contribution is 2.36. The van der Waals surface area contributed by atoms with Crippen LogP contribution in [0.25, 0.3) is 0 Å². The topological polar surface area (TPSA) is 33.7 Å². The molecule has 0 amide bonds. The molecule has 0 aromatic heterocycles. The van der Waals surface area contributed by atoms with Gasteiger partial charge < -0.3 is 19.7 Å². The summed E-state index contributed by atoms with van der Waals surface area (Å²) in [5.74, 6) is 2.18. The third kappa shape index (κ3) is 4.11. The minimum absolute atomic E-state index is 0.577. The summed E-state index contributed by atoms with van der Waals surface area (Å²) in [6, 6.07) is 4.71. The van der Waals surface area contributed by atoms with Crippen molar-refractivity contribution in [3.05, 3.63) is 22.2 Å². The van der Waals surface area contributed by atoms with E-state index >= 15 is 0 Å². The van der Waals surface area contributed by atoms with Crippen molar-refractivity contribution >= 4 is 15.9 Å². The molecule has 1 aromatic carbocycles. The molecule has 118 valence electrons. The number of hydrogen-bond acceptors (Lipinski definition) is 4. The highest BCUT2D eigenvalue weighted by atomic mass is 79.9. The van der Waals surface area contributed by atoms with Gasteiger partial charge in [-0.05, 0) is 59.6 Å². The normalized spacial score (nSPS) is 23.1. The van der Waals surface area contributed by atoms with E-state index in [2.05, 4.69) is 46.2 Å². The lowest BCUT2D eigenvalue weighted by Crippen LogP contribution is -2.46. The Bertz CT molecular complexity index is 482. The summed E-state index contributed by atoms with van der Waals surface area (Å²) >= 11 is 3.55. The van der Waals surface area contributed by atoms with Crippen molar-refractivity contribution in [1.82, 2.24) is 10.2 Å². The van der Waals surface area contributed by atoms with Crippen molar-refractivity contribution in [3.8, 4) is 11.5 Å². The Labute approximate surface area is 135 Å². The molecule has 0 aliphatic carbocycles. The molecule has 1 N–H and O–H groups in total. The van der Waals surface area contributed by atoms with Gasteiger partial charge in [0.25, 0.3) is 0 Å². The van der Waals surface area contributed by atoms with Crippen LogP contribution in [0.4, 0.5) is 0 Å². The Morgan fingerprint density at radius 2 is 2.10 bits per heavy atom. The van der Waals surface area contributed by atoms with E-state index in [9.17, 15) is 0 Å². The molecular weight excluding hydrogens is 332 g/mol. The van der Waals surface area contributed by atoms with Crippen molar-refractivity contribution < 1.29 is 9.47 Å². The van der Waals surface area contributed by atoms with Gasteiger partial charge in [-0.1, -0.05) is 6.92 Å². The second-order valence-electron chi connectivity index (χ2n) is 5.83. The Hall–Kier alpha value is -0.780. The summed E-state index contributed by atoms with van der Waals surface area (Å²) in [4.78, 5) is 2.40. The summed E-state index contributed by atoms with van der Waals surface area (Å²) in [6.45, 7) is 5.49. The first-order chi connectivity index (χ1) is 10.0. The Kier molecular flexibility index (Phi) is 5.90. The van der Waals surface area contributed by atoms with Crippen molar-refractivity contribution in [2.45, 2.75) is 25.9 Å². The first kappa shape index (κ1) is 16.6. The number of ether oxygens (including phenoxy) is 2. The standard InChI is InChI=1S/C16H25BrN2O2/c1-11-10-19(2)6-5-14(11)18-9-12-7-13(17)16(21-4)15(8-12)20-3/h7-8,11,14,18H,5-6,9-10H2,1-4H3. The van der Waals surface area contributed by atoms with Gasteiger partial charge in [0.05, 0.1) is 18.7 Å². The maximum atomic E-state index is 5.40.